The third kappa shape index (κ3) is 3.95. The zero-order valence-corrected chi connectivity index (χ0v) is 9.49. The first kappa shape index (κ1) is 12.6. The molecule has 1 unspecified atom stereocenters. The number of hydrogen-bond donors (Lipinski definition) is 2. The lowest BCUT2D eigenvalue weighted by Gasteiger charge is -2.13. The number of rotatable bonds is 6. The van der Waals surface area contributed by atoms with Gasteiger partial charge in [0.25, 0.3) is 5.91 Å². The number of aromatic nitrogens is 1. The summed E-state index contributed by atoms with van der Waals surface area (Å²) in [4.78, 5) is 26.2. The van der Waals surface area contributed by atoms with Gasteiger partial charge in [0.2, 0.25) is 0 Å². The molecule has 0 spiro atoms. The number of ether oxygens (including phenoxy) is 1. The number of carbonyl (C=O) groups is 2. The van der Waals surface area contributed by atoms with E-state index in [9.17, 15) is 9.59 Å². The minimum absolute atomic E-state index is 0.139. The Kier molecular flexibility index (Phi) is 4.87. The summed E-state index contributed by atoms with van der Waals surface area (Å²) >= 11 is 1.22. The van der Waals surface area contributed by atoms with Crippen LogP contribution in [0.4, 0.5) is 0 Å². The molecule has 6 nitrogen and oxygen atoms in total. The smallest absolute Gasteiger partial charge is 0.306 e. The molecular formula is C9H12N2O4S. The Morgan fingerprint density at radius 3 is 2.94 bits per heavy atom. The van der Waals surface area contributed by atoms with Crippen molar-refractivity contribution in [3.8, 4) is 0 Å². The number of carboxylic acids is 1. The fourth-order valence-corrected chi connectivity index (χ4v) is 1.59. The predicted molar refractivity (Wildman–Crippen MR) is 57.5 cm³/mol. The van der Waals surface area contributed by atoms with Crippen molar-refractivity contribution in [3.05, 3.63) is 16.6 Å². The van der Waals surface area contributed by atoms with Crippen LogP contribution in [0.1, 0.15) is 16.1 Å². The molecule has 7 heteroatoms. The Labute approximate surface area is 96.3 Å². The van der Waals surface area contributed by atoms with Crippen molar-refractivity contribution >= 4 is 23.2 Å². The van der Waals surface area contributed by atoms with Crippen LogP contribution >= 0.6 is 11.3 Å². The highest BCUT2D eigenvalue weighted by Gasteiger charge is 2.14. The zero-order valence-electron chi connectivity index (χ0n) is 8.67. The third-order valence-electron chi connectivity index (χ3n) is 1.88. The van der Waals surface area contributed by atoms with Gasteiger partial charge in [-0.25, -0.2) is 0 Å². The molecule has 1 rings (SSSR count). The summed E-state index contributed by atoms with van der Waals surface area (Å²) < 4.78 is 4.92. The van der Waals surface area contributed by atoms with E-state index in [-0.39, 0.29) is 18.9 Å². The molecule has 0 saturated heterocycles. The summed E-state index contributed by atoms with van der Waals surface area (Å²) in [6.45, 7) is 0.166. The van der Waals surface area contributed by atoms with Crippen molar-refractivity contribution in [2.75, 3.05) is 13.7 Å². The number of nitrogens with zero attached hydrogens (tertiary/aromatic N) is 1. The molecule has 0 fully saturated rings. The molecule has 0 aromatic carbocycles. The third-order valence-corrected chi connectivity index (χ3v) is 2.65. The van der Waals surface area contributed by atoms with Crippen molar-refractivity contribution in [1.29, 1.82) is 0 Å². The van der Waals surface area contributed by atoms with E-state index in [2.05, 4.69) is 10.3 Å². The van der Waals surface area contributed by atoms with Gasteiger partial charge in [0, 0.05) is 13.7 Å². The monoisotopic (exact) mass is 244 g/mol. The van der Waals surface area contributed by atoms with Crippen molar-refractivity contribution in [2.45, 2.75) is 12.5 Å². The first-order valence-electron chi connectivity index (χ1n) is 4.54. The Morgan fingerprint density at radius 1 is 1.69 bits per heavy atom. The van der Waals surface area contributed by atoms with Gasteiger partial charge in [0.1, 0.15) is 4.88 Å². The molecular weight excluding hydrogens is 232 g/mol. The Hall–Kier alpha value is -1.47. The normalized spacial score (nSPS) is 12.1. The molecule has 2 N–H and O–H groups in total. The van der Waals surface area contributed by atoms with E-state index in [4.69, 9.17) is 9.84 Å². The van der Waals surface area contributed by atoms with E-state index in [0.717, 1.165) is 0 Å². The molecule has 0 bridgehead atoms. The minimum atomic E-state index is -0.959. The van der Waals surface area contributed by atoms with Gasteiger partial charge in [-0.1, -0.05) is 0 Å². The SMILES string of the molecule is COC(CNC(=O)c1cncs1)CC(=O)O. The summed E-state index contributed by atoms with van der Waals surface area (Å²) in [6.07, 6.45) is 0.799. The maximum absolute atomic E-state index is 11.5. The van der Waals surface area contributed by atoms with Crippen LogP contribution in [0.25, 0.3) is 0 Å². The first-order valence-corrected chi connectivity index (χ1v) is 5.42. The van der Waals surface area contributed by atoms with Crippen molar-refractivity contribution < 1.29 is 19.4 Å². The van der Waals surface area contributed by atoms with Crippen LogP contribution in [-0.4, -0.2) is 41.7 Å². The molecule has 1 aromatic rings. The average molecular weight is 244 g/mol. The maximum atomic E-state index is 11.5. The molecule has 0 aliphatic rings. The lowest BCUT2D eigenvalue weighted by molar-refractivity contribution is -0.139. The Bertz CT molecular complexity index is 352. The second-order valence-electron chi connectivity index (χ2n) is 3.03. The molecule has 1 aromatic heterocycles. The second-order valence-corrected chi connectivity index (χ2v) is 3.92. The van der Waals surface area contributed by atoms with E-state index in [1.54, 1.807) is 5.51 Å². The Morgan fingerprint density at radius 2 is 2.44 bits per heavy atom. The maximum Gasteiger partial charge on any atom is 0.306 e. The van der Waals surface area contributed by atoms with Crippen LogP contribution in [0.2, 0.25) is 0 Å². The van der Waals surface area contributed by atoms with Crippen LogP contribution in [-0.2, 0) is 9.53 Å². The fraction of sp³-hybridized carbons (Fsp3) is 0.444. The molecule has 16 heavy (non-hydrogen) atoms. The fourth-order valence-electron chi connectivity index (χ4n) is 1.06. The molecule has 1 heterocycles. The number of hydrogen-bond acceptors (Lipinski definition) is 5. The quantitative estimate of drug-likeness (QED) is 0.754. The number of carboxylic acid groups (broad SMARTS) is 1. The molecule has 1 amide bonds. The van der Waals surface area contributed by atoms with Crippen molar-refractivity contribution in [3.63, 3.8) is 0 Å². The van der Waals surface area contributed by atoms with Crippen molar-refractivity contribution in [1.82, 2.24) is 10.3 Å². The number of thiazole rings is 1. The van der Waals surface area contributed by atoms with E-state index in [1.165, 1.54) is 24.6 Å². The number of carbonyl (C=O) groups excluding carboxylic acids is 1. The molecule has 0 aliphatic heterocycles. The van der Waals surface area contributed by atoms with E-state index in [0.29, 0.717) is 4.88 Å². The van der Waals surface area contributed by atoms with Gasteiger partial charge < -0.3 is 15.2 Å². The van der Waals surface area contributed by atoms with Crippen LogP contribution in [0.5, 0.6) is 0 Å². The van der Waals surface area contributed by atoms with Crippen molar-refractivity contribution in [2.24, 2.45) is 0 Å². The van der Waals surface area contributed by atoms with Gasteiger partial charge in [0.15, 0.2) is 0 Å². The van der Waals surface area contributed by atoms with Gasteiger partial charge in [0.05, 0.1) is 24.2 Å². The first-order chi connectivity index (χ1) is 7.63. The van der Waals surface area contributed by atoms with Crippen LogP contribution in [0.3, 0.4) is 0 Å². The Balaban J connectivity index is 2.38. The summed E-state index contributed by atoms with van der Waals surface area (Å²) in [5.41, 5.74) is 1.56. The lowest BCUT2D eigenvalue weighted by Crippen LogP contribution is -2.34. The number of amides is 1. The largest absolute Gasteiger partial charge is 0.481 e. The number of nitrogens with one attached hydrogen (secondary N) is 1. The summed E-state index contributed by atoms with van der Waals surface area (Å²) in [7, 11) is 1.41. The predicted octanol–water partition coefficient (Wildman–Crippen LogP) is 0.363. The van der Waals surface area contributed by atoms with Crippen LogP contribution < -0.4 is 5.32 Å². The molecule has 0 radical (unpaired) electrons. The molecule has 0 aliphatic carbocycles. The molecule has 0 saturated carbocycles. The lowest BCUT2D eigenvalue weighted by atomic mass is 10.2. The van der Waals surface area contributed by atoms with Gasteiger partial charge in [-0.05, 0) is 0 Å². The summed E-state index contributed by atoms with van der Waals surface area (Å²) in [5.74, 6) is -1.23. The van der Waals surface area contributed by atoms with Crippen LogP contribution in [0.15, 0.2) is 11.7 Å². The number of aliphatic carboxylic acids is 1. The molecule has 1 atom stereocenters. The minimum Gasteiger partial charge on any atom is -0.481 e. The van der Waals surface area contributed by atoms with Gasteiger partial charge >= 0.3 is 5.97 Å². The van der Waals surface area contributed by atoms with Gasteiger partial charge in [-0.2, -0.15) is 0 Å². The summed E-state index contributed by atoms with van der Waals surface area (Å²) in [6, 6.07) is 0. The highest BCUT2D eigenvalue weighted by Crippen LogP contribution is 2.05. The van der Waals surface area contributed by atoms with E-state index >= 15 is 0 Å². The molecule has 88 valence electrons. The zero-order chi connectivity index (χ0) is 12.0. The second kappa shape index (κ2) is 6.19. The highest BCUT2D eigenvalue weighted by atomic mass is 32.1. The standard InChI is InChI=1S/C9H12N2O4S/c1-15-6(2-8(12)13)3-11-9(14)7-4-10-5-16-7/h4-6H,2-3H2,1H3,(H,11,14)(H,12,13). The number of methoxy groups -OCH3 is 1. The van der Waals surface area contributed by atoms with E-state index in [1.807, 2.05) is 0 Å². The average Bonchev–Trinajstić information content (AvgIpc) is 2.76. The van der Waals surface area contributed by atoms with Gasteiger partial charge in [-0.3, -0.25) is 14.6 Å². The topological polar surface area (TPSA) is 88.5 Å². The van der Waals surface area contributed by atoms with Crippen LogP contribution in [0, 0.1) is 0 Å². The summed E-state index contributed by atoms with van der Waals surface area (Å²) in [5, 5.41) is 11.1. The highest BCUT2D eigenvalue weighted by molar-refractivity contribution is 7.11. The van der Waals surface area contributed by atoms with Gasteiger partial charge in [-0.15, -0.1) is 11.3 Å². The van der Waals surface area contributed by atoms with E-state index < -0.39 is 12.1 Å².